The van der Waals surface area contributed by atoms with Crippen molar-refractivity contribution < 1.29 is 0 Å². The fourth-order valence-corrected chi connectivity index (χ4v) is 3.15. The normalized spacial score (nSPS) is 28.4. The summed E-state index contributed by atoms with van der Waals surface area (Å²) in [5.74, 6) is 2.10. The van der Waals surface area contributed by atoms with E-state index in [0.29, 0.717) is 6.04 Å². The van der Waals surface area contributed by atoms with E-state index in [1.54, 1.807) is 0 Å². The molecule has 1 atom stereocenters. The molecule has 4 heteroatoms. The number of nitrogens with zero attached hydrogens (tertiary/aromatic N) is 3. The summed E-state index contributed by atoms with van der Waals surface area (Å²) < 4.78 is 0. The lowest BCUT2D eigenvalue weighted by atomic mass is 10.2. The maximum Gasteiger partial charge on any atom is 0.193 e. The van der Waals surface area contributed by atoms with E-state index in [-0.39, 0.29) is 0 Å². The zero-order chi connectivity index (χ0) is 13.1. The first kappa shape index (κ1) is 13.0. The van der Waals surface area contributed by atoms with E-state index in [1.807, 2.05) is 7.05 Å². The van der Waals surface area contributed by atoms with Gasteiger partial charge in [0.25, 0.3) is 0 Å². The standard InChI is InChI=1S/C15H26N4/c1-16-15(17-8-6-13-4-5-13)19-11-7-14(12-19)18-9-2-3-10-18/h2-3,13-14H,4-12H2,1H3,(H,16,17). The van der Waals surface area contributed by atoms with Gasteiger partial charge in [0.1, 0.15) is 0 Å². The number of guanidine groups is 1. The average Bonchev–Trinajstić information content (AvgIpc) is 2.94. The number of likely N-dealkylation sites (tertiary alicyclic amines) is 1. The molecule has 1 saturated heterocycles. The van der Waals surface area contributed by atoms with Crippen molar-refractivity contribution in [3.8, 4) is 0 Å². The van der Waals surface area contributed by atoms with Crippen LogP contribution in [0.4, 0.5) is 0 Å². The second kappa shape index (κ2) is 5.95. The van der Waals surface area contributed by atoms with Crippen LogP contribution in [0, 0.1) is 5.92 Å². The molecule has 2 heterocycles. The van der Waals surface area contributed by atoms with Crippen LogP contribution in [0.15, 0.2) is 17.1 Å². The Bertz CT molecular complexity index is 351. The van der Waals surface area contributed by atoms with Crippen LogP contribution in [0.25, 0.3) is 0 Å². The molecule has 1 unspecified atom stereocenters. The maximum atomic E-state index is 4.45. The van der Waals surface area contributed by atoms with Crippen LogP contribution in [0.1, 0.15) is 25.7 Å². The van der Waals surface area contributed by atoms with E-state index in [0.717, 1.165) is 44.6 Å². The number of rotatable bonds is 4. The summed E-state index contributed by atoms with van der Waals surface area (Å²) in [5.41, 5.74) is 0. The van der Waals surface area contributed by atoms with Gasteiger partial charge >= 0.3 is 0 Å². The van der Waals surface area contributed by atoms with Crippen LogP contribution in [0.3, 0.4) is 0 Å². The van der Waals surface area contributed by atoms with E-state index in [2.05, 4.69) is 32.3 Å². The second-order valence-corrected chi connectivity index (χ2v) is 6.02. The summed E-state index contributed by atoms with van der Waals surface area (Å²) in [6, 6.07) is 0.706. The van der Waals surface area contributed by atoms with Gasteiger partial charge in [-0.25, -0.2) is 0 Å². The van der Waals surface area contributed by atoms with Crippen molar-refractivity contribution in [2.24, 2.45) is 10.9 Å². The predicted octanol–water partition coefficient (Wildman–Crippen LogP) is 1.31. The molecular weight excluding hydrogens is 236 g/mol. The van der Waals surface area contributed by atoms with Crippen molar-refractivity contribution >= 4 is 5.96 Å². The number of nitrogens with one attached hydrogen (secondary N) is 1. The summed E-state index contributed by atoms with van der Waals surface area (Å²) >= 11 is 0. The van der Waals surface area contributed by atoms with Gasteiger partial charge in [-0.1, -0.05) is 25.0 Å². The van der Waals surface area contributed by atoms with Crippen LogP contribution >= 0.6 is 0 Å². The van der Waals surface area contributed by atoms with Crippen molar-refractivity contribution in [2.75, 3.05) is 39.8 Å². The molecule has 2 fully saturated rings. The molecule has 3 aliphatic rings. The molecule has 1 saturated carbocycles. The number of hydrogen-bond acceptors (Lipinski definition) is 2. The van der Waals surface area contributed by atoms with Crippen molar-refractivity contribution in [3.05, 3.63) is 12.2 Å². The van der Waals surface area contributed by atoms with Crippen LogP contribution < -0.4 is 5.32 Å². The van der Waals surface area contributed by atoms with Gasteiger partial charge in [-0.05, 0) is 18.8 Å². The first-order chi connectivity index (χ1) is 9.36. The first-order valence-corrected chi connectivity index (χ1v) is 7.71. The Labute approximate surface area is 116 Å². The molecule has 0 spiro atoms. The minimum atomic E-state index is 0.706. The molecule has 0 aromatic heterocycles. The lowest BCUT2D eigenvalue weighted by molar-refractivity contribution is 0.259. The van der Waals surface area contributed by atoms with E-state index >= 15 is 0 Å². The second-order valence-electron chi connectivity index (χ2n) is 6.02. The summed E-state index contributed by atoms with van der Waals surface area (Å²) in [4.78, 5) is 9.44. The molecule has 3 rings (SSSR count). The summed E-state index contributed by atoms with van der Waals surface area (Å²) in [6.07, 6.45) is 10.0. The van der Waals surface area contributed by atoms with E-state index < -0.39 is 0 Å². The average molecular weight is 262 g/mol. The Morgan fingerprint density at radius 3 is 2.74 bits per heavy atom. The Morgan fingerprint density at radius 1 is 1.26 bits per heavy atom. The van der Waals surface area contributed by atoms with Crippen LogP contribution in [0.2, 0.25) is 0 Å². The highest BCUT2D eigenvalue weighted by Crippen LogP contribution is 2.31. The minimum absolute atomic E-state index is 0.706. The van der Waals surface area contributed by atoms with Gasteiger partial charge in [0.2, 0.25) is 0 Å². The van der Waals surface area contributed by atoms with Crippen LogP contribution in [-0.4, -0.2) is 61.6 Å². The number of hydrogen-bond donors (Lipinski definition) is 1. The van der Waals surface area contributed by atoms with E-state index in [1.165, 1.54) is 25.7 Å². The molecule has 4 nitrogen and oxygen atoms in total. The van der Waals surface area contributed by atoms with E-state index in [9.17, 15) is 0 Å². The van der Waals surface area contributed by atoms with Gasteiger partial charge in [0.05, 0.1) is 0 Å². The van der Waals surface area contributed by atoms with Gasteiger partial charge in [-0.3, -0.25) is 9.89 Å². The zero-order valence-electron chi connectivity index (χ0n) is 12.0. The van der Waals surface area contributed by atoms with Gasteiger partial charge in [-0.15, -0.1) is 0 Å². The van der Waals surface area contributed by atoms with E-state index in [4.69, 9.17) is 0 Å². The lowest BCUT2D eigenvalue weighted by Crippen LogP contribution is -2.43. The topological polar surface area (TPSA) is 30.9 Å². The third-order valence-electron chi connectivity index (χ3n) is 4.57. The van der Waals surface area contributed by atoms with Crippen LogP contribution in [-0.2, 0) is 0 Å². The molecule has 0 radical (unpaired) electrons. The molecule has 0 aromatic carbocycles. The Kier molecular flexibility index (Phi) is 4.06. The third kappa shape index (κ3) is 3.30. The van der Waals surface area contributed by atoms with Crippen LogP contribution in [0.5, 0.6) is 0 Å². The highest BCUT2D eigenvalue weighted by atomic mass is 15.3. The van der Waals surface area contributed by atoms with Gasteiger partial charge in [0, 0.05) is 45.8 Å². The smallest absolute Gasteiger partial charge is 0.193 e. The lowest BCUT2D eigenvalue weighted by Gasteiger charge is -2.25. The molecular formula is C15H26N4. The molecule has 1 N–H and O–H groups in total. The van der Waals surface area contributed by atoms with Gasteiger partial charge in [-0.2, -0.15) is 0 Å². The highest BCUT2D eigenvalue weighted by Gasteiger charge is 2.29. The van der Waals surface area contributed by atoms with Gasteiger partial charge in [0.15, 0.2) is 5.96 Å². The van der Waals surface area contributed by atoms with Crippen molar-refractivity contribution in [3.63, 3.8) is 0 Å². The molecule has 106 valence electrons. The van der Waals surface area contributed by atoms with Crippen molar-refractivity contribution in [1.29, 1.82) is 0 Å². The number of aliphatic imine (C=N–C) groups is 1. The molecule has 0 amide bonds. The Morgan fingerprint density at radius 2 is 2.05 bits per heavy atom. The Hall–Kier alpha value is -1.03. The minimum Gasteiger partial charge on any atom is -0.356 e. The summed E-state index contributed by atoms with van der Waals surface area (Å²) in [7, 11) is 1.91. The molecule has 2 aliphatic heterocycles. The molecule has 0 bridgehead atoms. The first-order valence-electron chi connectivity index (χ1n) is 7.71. The summed E-state index contributed by atoms with van der Waals surface area (Å²) in [6.45, 7) is 5.62. The zero-order valence-corrected chi connectivity index (χ0v) is 12.0. The molecule has 1 aliphatic carbocycles. The van der Waals surface area contributed by atoms with Crippen molar-refractivity contribution in [1.82, 2.24) is 15.1 Å². The maximum absolute atomic E-state index is 4.45. The molecule has 19 heavy (non-hydrogen) atoms. The highest BCUT2D eigenvalue weighted by molar-refractivity contribution is 5.80. The summed E-state index contributed by atoms with van der Waals surface area (Å²) in [5, 5.41) is 3.54. The fraction of sp³-hybridized carbons (Fsp3) is 0.800. The SMILES string of the molecule is CN=C(NCCC1CC1)N1CCC(N2CC=CC2)C1. The molecule has 0 aromatic rings. The predicted molar refractivity (Wildman–Crippen MR) is 79.4 cm³/mol. The largest absolute Gasteiger partial charge is 0.356 e. The fourth-order valence-electron chi connectivity index (χ4n) is 3.15. The van der Waals surface area contributed by atoms with Gasteiger partial charge < -0.3 is 10.2 Å². The monoisotopic (exact) mass is 262 g/mol. The Balaban J connectivity index is 1.44. The quantitative estimate of drug-likeness (QED) is 0.471. The van der Waals surface area contributed by atoms with Crippen molar-refractivity contribution in [2.45, 2.75) is 31.7 Å². The third-order valence-corrected chi connectivity index (χ3v) is 4.57.